The quantitative estimate of drug-likeness (QED) is 0.795. The summed E-state index contributed by atoms with van der Waals surface area (Å²) >= 11 is 0. The van der Waals surface area contributed by atoms with E-state index in [1.807, 2.05) is 16.7 Å². The molecule has 0 saturated carbocycles. The van der Waals surface area contributed by atoms with Gasteiger partial charge in [0.2, 0.25) is 0 Å². The Kier molecular flexibility index (Phi) is 2.29. The minimum Gasteiger partial charge on any atom is -0.506 e. The number of aromatic hydroxyl groups is 1. The average molecular weight is 218 g/mol. The summed E-state index contributed by atoms with van der Waals surface area (Å²) in [7, 11) is 0. The molecule has 16 heavy (non-hydrogen) atoms. The molecule has 0 spiro atoms. The predicted molar refractivity (Wildman–Crippen MR) is 59.7 cm³/mol. The van der Waals surface area contributed by atoms with Gasteiger partial charge < -0.3 is 9.84 Å². The Morgan fingerprint density at radius 1 is 1.44 bits per heavy atom. The second-order valence-corrected chi connectivity index (χ2v) is 4.21. The fourth-order valence-electron chi connectivity index (χ4n) is 2.25. The first-order valence-electron chi connectivity index (χ1n) is 5.58. The van der Waals surface area contributed by atoms with Crippen LogP contribution < -0.4 is 0 Å². The maximum Gasteiger partial charge on any atom is 0.132 e. The van der Waals surface area contributed by atoms with Crippen LogP contribution in [0.2, 0.25) is 0 Å². The smallest absolute Gasteiger partial charge is 0.132 e. The van der Waals surface area contributed by atoms with Crippen molar-refractivity contribution in [3.63, 3.8) is 0 Å². The molecule has 2 aromatic heterocycles. The zero-order valence-electron chi connectivity index (χ0n) is 8.97. The molecule has 1 saturated heterocycles. The Morgan fingerprint density at radius 2 is 2.38 bits per heavy atom. The second-order valence-electron chi connectivity index (χ2n) is 4.21. The summed E-state index contributed by atoms with van der Waals surface area (Å²) < 4.78 is 7.42. The molecule has 1 unspecified atom stereocenters. The number of imidazole rings is 1. The number of pyridine rings is 1. The van der Waals surface area contributed by atoms with Crippen molar-refractivity contribution in [3.8, 4) is 5.75 Å². The van der Waals surface area contributed by atoms with Crippen LogP contribution in [0.1, 0.15) is 24.6 Å². The summed E-state index contributed by atoms with van der Waals surface area (Å²) in [6.07, 6.45) is 5.74. The van der Waals surface area contributed by atoms with Crippen molar-refractivity contribution in [2.75, 3.05) is 13.2 Å². The number of hydrogen-bond acceptors (Lipinski definition) is 3. The molecule has 84 valence electrons. The second kappa shape index (κ2) is 3.79. The van der Waals surface area contributed by atoms with E-state index in [0.717, 1.165) is 37.4 Å². The van der Waals surface area contributed by atoms with E-state index in [1.165, 1.54) is 0 Å². The van der Waals surface area contributed by atoms with E-state index < -0.39 is 0 Å². The monoisotopic (exact) mass is 218 g/mol. The third-order valence-electron chi connectivity index (χ3n) is 3.07. The maximum absolute atomic E-state index is 9.49. The summed E-state index contributed by atoms with van der Waals surface area (Å²) in [6.45, 7) is 1.58. The fourth-order valence-corrected chi connectivity index (χ4v) is 2.25. The lowest BCUT2D eigenvalue weighted by atomic mass is 10.0. The highest BCUT2D eigenvalue weighted by Crippen LogP contribution is 2.26. The van der Waals surface area contributed by atoms with Gasteiger partial charge in [0.25, 0.3) is 0 Å². The lowest BCUT2D eigenvalue weighted by molar-refractivity contribution is 0.0779. The Morgan fingerprint density at radius 3 is 3.19 bits per heavy atom. The van der Waals surface area contributed by atoms with Gasteiger partial charge in [0.1, 0.15) is 11.6 Å². The standard InChI is InChI=1S/C12H14N2O2/c15-11-4-3-10-6-13-12(14(10)7-11)9-2-1-5-16-8-9/h3-4,6-7,9,15H,1-2,5,8H2. The van der Waals surface area contributed by atoms with Gasteiger partial charge in [-0.05, 0) is 25.0 Å². The van der Waals surface area contributed by atoms with Crippen molar-refractivity contribution in [2.24, 2.45) is 0 Å². The molecule has 0 amide bonds. The SMILES string of the molecule is Oc1ccc2cnc(C3CCCOC3)n2c1. The zero-order valence-corrected chi connectivity index (χ0v) is 8.97. The van der Waals surface area contributed by atoms with Crippen molar-refractivity contribution in [1.82, 2.24) is 9.38 Å². The van der Waals surface area contributed by atoms with Crippen LogP contribution in [0.3, 0.4) is 0 Å². The van der Waals surface area contributed by atoms with Crippen LogP contribution >= 0.6 is 0 Å². The highest BCUT2D eigenvalue weighted by Gasteiger charge is 2.20. The highest BCUT2D eigenvalue weighted by molar-refractivity contribution is 5.48. The minimum atomic E-state index is 0.267. The Balaban J connectivity index is 2.05. The molecule has 3 heterocycles. The van der Waals surface area contributed by atoms with Gasteiger partial charge in [-0.1, -0.05) is 0 Å². The van der Waals surface area contributed by atoms with E-state index in [9.17, 15) is 5.11 Å². The first-order valence-corrected chi connectivity index (χ1v) is 5.58. The maximum atomic E-state index is 9.49. The highest BCUT2D eigenvalue weighted by atomic mass is 16.5. The molecule has 4 heteroatoms. The van der Waals surface area contributed by atoms with Gasteiger partial charge in [0.15, 0.2) is 0 Å². The average Bonchev–Trinajstić information content (AvgIpc) is 2.73. The van der Waals surface area contributed by atoms with Crippen LogP contribution in [0, 0.1) is 0 Å². The normalized spacial score (nSPS) is 21.4. The lowest BCUT2D eigenvalue weighted by Gasteiger charge is -2.21. The van der Waals surface area contributed by atoms with Gasteiger partial charge in [-0.15, -0.1) is 0 Å². The minimum absolute atomic E-state index is 0.267. The van der Waals surface area contributed by atoms with Gasteiger partial charge in [0, 0.05) is 12.5 Å². The topological polar surface area (TPSA) is 46.8 Å². The molecule has 1 aliphatic heterocycles. The molecule has 0 radical (unpaired) electrons. The molecule has 0 bridgehead atoms. The van der Waals surface area contributed by atoms with E-state index in [0.29, 0.717) is 5.92 Å². The van der Waals surface area contributed by atoms with Crippen molar-refractivity contribution < 1.29 is 9.84 Å². The Labute approximate surface area is 93.5 Å². The van der Waals surface area contributed by atoms with Crippen molar-refractivity contribution in [3.05, 3.63) is 30.4 Å². The fraction of sp³-hybridized carbons (Fsp3) is 0.417. The third-order valence-corrected chi connectivity index (χ3v) is 3.07. The Bertz CT molecular complexity index is 501. The number of rotatable bonds is 1. The first-order chi connectivity index (χ1) is 7.84. The molecule has 2 aromatic rings. The molecule has 1 fully saturated rings. The number of nitrogens with zero attached hydrogens (tertiary/aromatic N) is 2. The number of hydrogen-bond donors (Lipinski definition) is 1. The van der Waals surface area contributed by atoms with Gasteiger partial charge in [0.05, 0.1) is 24.5 Å². The molecular weight excluding hydrogens is 204 g/mol. The molecule has 3 rings (SSSR count). The molecule has 4 nitrogen and oxygen atoms in total. The zero-order chi connectivity index (χ0) is 11.0. The van der Waals surface area contributed by atoms with Crippen LogP contribution in [-0.4, -0.2) is 27.7 Å². The molecule has 0 aliphatic carbocycles. The van der Waals surface area contributed by atoms with Gasteiger partial charge in [-0.3, -0.25) is 4.40 Å². The van der Waals surface area contributed by atoms with Crippen LogP contribution in [0.4, 0.5) is 0 Å². The number of aromatic nitrogens is 2. The predicted octanol–water partition coefficient (Wildman–Crippen LogP) is 1.93. The summed E-state index contributed by atoms with van der Waals surface area (Å²) in [5, 5.41) is 9.49. The van der Waals surface area contributed by atoms with E-state index in [2.05, 4.69) is 4.98 Å². The van der Waals surface area contributed by atoms with Gasteiger partial charge in [-0.2, -0.15) is 0 Å². The lowest BCUT2D eigenvalue weighted by Crippen LogP contribution is -2.17. The first kappa shape index (κ1) is 9.66. The van der Waals surface area contributed by atoms with Crippen LogP contribution in [0.25, 0.3) is 5.52 Å². The van der Waals surface area contributed by atoms with Crippen molar-refractivity contribution >= 4 is 5.52 Å². The molecule has 1 aliphatic rings. The summed E-state index contributed by atoms with van der Waals surface area (Å²) in [4.78, 5) is 4.43. The summed E-state index contributed by atoms with van der Waals surface area (Å²) in [5.41, 5.74) is 1.01. The molecule has 1 atom stereocenters. The Hall–Kier alpha value is -1.55. The van der Waals surface area contributed by atoms with E-state index in [-0.39, 0.29) is 5.75 Å². The van der Waals surface area contributed by atoms with E-state index in [1.54, 1.807) is 12.3 Å². The van der Waals surface area contributed by atoms with E-state index >= 15 is 0 Å². The van der Waals surface area contributed by atoms with Gasteiger partial charge in [-0.25, -0.2) is 4.98 Å². The van der Waals surface area contributed by atoms with Crippen molar-refractivity contribution in [2.45, 2.75) is 18.8 Å². The molecule has 1 N–H and O–H groups in total. The number of ether oxygens (including phenoxy) is 1. The van der Waals surface area contributed by atoms with Gasteiger partial charge >= 0.3 is 0 Å². The third kappa shape index (κ3) is 1.55. The van der Waals surface area contributed by atoms with Crippen LogP contribution in [0.15, 0.2) is 24.5 Å². The van der Waals surface area contributed by atoms with Crippen molar-refractivity contribution in [1.29, 1.82) is 0 Å². The molecule has 0 aromatic carbocycles. The summed E-state index contributed by atoms with van der Waals surface area (Å²) in [5.74, 6) is 1.60. The van der Waals surface area contributed by atoms with E-state index in [4.69, 9.17) is 4.74 Å². The van der Waals surface area contributed by atoms with Crippen LogP contribution in [0.5, 0.6) is 5.75 Å². The van der Waals surface area contributed by atoms with Crippen LogP contribution in [-0.2, 0) is 4.74 Å². The number of fused-ring (bicyclic) bond motifs is 1. The summed E-state index contributed by atoms with van der Waals surface area (Å²) in [6, 6.07) is 3.55. The molecular formula is C12H14N2O2. The largest absolute Gasteiger partial charge is 0.506 e.